The molecule has 3 N–H and O–H groups in total. The third kappa shape index (κ3) is 3.51. The SMILES string of the molecule is CCc1ccc(-c2nc(CCCN)cc(=O)[nH]2)cc1. The normalized spacial score (nSPS) is 10.6. The summed E-state index contributed by atoms with van der Waals surface area (Å²) < 4.78 is 0. The third-order valence-electron chi connectivity index (χ3n) is 3.07. The van der Waals surface area contributed by atoms with Gasteiger partial charge < -0.3 is 10.7 Å². The molecule has 0 atom stereocenters. The fourth-order valence-electron chi connectivity index (χ4n) is 1.95. The van der Waals surface area contributed by atoms with Crippen LogP contribution in [0, 0.1) is 0 Å². The molecule has 2 aromatic rings. The van der Waals surface area contributed by atoms with Crippen molar-refractivity contribution < 1.29 is 0 Å². The van der Waals surface area contributed by atoms with Crippen LogP contribution in [0.2, 0.25) is 0 Å². The fraction of sp³-hybridized carbons (Fsp3) is 0.333. The molecular weight excluding hydrogens is 238 g/mol. The Morgan fingerprint density at radius 2 is 2.00 bits per heavy atom. The maximum absolute atomic E-state index is 11.6. The van der Waals surface area contributed by atoms with Crippen LogP contribution in [0.5, 0.6) is 0 Å². The molecule has 0 aliphatic rings. The number of benzene rings is 1. The Hall–Kier alpha value is -1.94. The first-order valence-corrected chi connectivity index (χ1v) is 6.62. The van der Waals surface area contributed by atoms with Crippen LogP contribution in [0.1, 0.15) is 24.6 Å². The van der Waals surface area contributed by atoms with Crippen LogP contribution in [0.15, 0.2) is 35.1 Å². The standard InChI is InChI=1S/C15H19N3O/c1-2-11-5-7-12(8-6-11)15-17-13(4-3-9-16)10-14(19)18-15/h5-8,10H,2-4,9,16H2,1H3,(H,17,18,19). The molecule has 100 valence electrons. The van der Waals surface area contributed by atoms with Gasteiger partial charge in [0.25, 0.3) is 5.56 Å². The van der Waals surface area contributed by atoms with Crippen LogP contribution in [0.3, 0.4) is 0 Å². The highest BCUT2D eigenvalue weighted by Gasteiger charge is 2.04. The number of aryl methyl sites for hydroxylation is 2. The molecule has 1 aromatic heterocycles. The third-order valence-corrected chi connectivity index (χ3v) is 3.07. The van der Waals surface area contributed by atoms with E-state index in [-0.39, 0.29) is 5.56 Å². The molecule has 4 nitrogen and oxygen atoms in total. The zero-order valence-electron chi connectivity index (χ0n) is 11.1. The van der Waals surface area contributed by atoms with Crippen LogP contribution in [0.4, 0.5) is 0 Å². The lowest BCUT2D eigenvalue weighted by atomic mass is 10.1. The number of nitrogens with two attached hydrogens (primary N) is 1. The quantitative estimate of drug-likeness (QED) is 0.859. The zero-order chi connectivity index (χ0) is 13.7. The van der Waals surface area contributed by atoms with Gasteiger partial charge in [0.15, 0.2) is 0 Å². The molecule has 0 bridgehead atoms. The molecule has 4 heteroatoms. The second-order valence-electron chi connectivity index (χ2n) is 4.53. The van der Waals surface area contributed by atoms with Crippen molar-refractivity contribution in [3.05, 3.63) is 51.9 Å². The Bertz CT molecular complexity index is 587. The van der Waals surface area contributed by atoms with Gasteiger partial charge in [-0.1, -0.05) is 31.2 Å². The number of aromatic nitrogens is 2. The largest absolute Gasteiger partial charge is 0.330 e. The first-order chi connectivity index (χ1) is 9.22. The van der Waals surface area contributed by atoms with Crippen LogP contribution in [-0.4, -0.2) is 16.5 Å². The molecule has 0 spiro atoms. The molecule has 0 radical (unpaired) electrons. The summed E-state index contributed by atoms with van der Waals surface area (Å²) in [6.45, 7) is 2.72. The monoisotopic (exact) mass is 257 g/mol. The lowest BCUT2D eigenvalue weighted by Crippen LogP contribution is -2.11. The van der Waals surface area contributed by atoms with Gasteiger partial charge in [0.1, 0.15) is 5.82 Å². The second-order valence-corrected chi connectivity index (χ2v) is 4.53. The van der Waals surface area contributed by atoms with E-state index >= 15 is 0 Å². The average molecular weight is 257 g/mol. The number of H-pyrrole nitrogens is 1. The lowest BCUT2D eigenvalue weighted by Gasteiger charge is -2.05. The van der Waals surface area contributed by atoms with E-state index in [1.54, 1.807) is 6.07 Å². The Morgan fingerprint density at radius 3 is 2.63 bits per heavy atom. The lowest BCUT2D eigenvalue weighted by molar-refractivity contribution is 0.804. The predicted molar refractivity (Wildman–Crippen MR) is 77.0 cm³/mol. The number of nitrogens with zero attached hydrogens (tertiary/aromatic N) is 1. The highest BCUT2D eigenvalue weighted by atomic mass is 16.1. The van der Waals surface area contributed by atoms with Crippen LogP contribution in [-0.2, 0) is 12.8 Å². The van der Waals surface area contributed by atoms with E-state index < -0.39 is 0 Å². The van der Waals surface area contributed by atoms with Crippen molar-refractivity contribution in [2.75, 3.05) is 6.54 Å². The Morgan fingerprint density at radius 1 is 1.26 bits per heavy atom. The summed E-state index contributed by atoms with van der Waals surface area (Å²) in [4.78, 5) is 18.9. The van der Waals surface area contributed by atoms with E-state index in [0.717, 1.165) is 30.5 Å². The van der Waals surface area contributed by atoms with Gasteiger partial charge in [0.05, 0.1) is 0 Å². The molecule has 0 fully saturated rings. The highest BCUT2D eigenvalue weighted by Crippen LogP contribution is 2.15. The second kappa shape index (κ2) is 6.29. The number of nitrogens with one attached hydrogen (secondary N) is 1. The first-order valence-electron chi connectivity index (χ1n) is 6.62. The summed E-state index contributed by atoms with van der Waals surface area (Å²) in [5, 5.41) is 0. The minimum atomic E-state index is -0.114. The molecule has 0 amide bonds. The summed E-state index contributed by atoms with van der Waals surface area (Å²) in [5.74, 6) is 0.627. The van der Waals surface area contributed by atoms with E-state index in [2.05, 4.69) is 29.0 Å². The van der Waals surface area contributed by atoms with Crippen molar-refractivity contribution in [3.63, 3.8) is 0 Å². The van der Waals surface area contributed by atoms with Crippen LogP contribution in [0.25, 0.3) is 11.4 Å². The first kappa shape index (κ1) is 13.5. The van der Waals surface area contributed by atoms with Crippen molar-refractivity contribution >= 4 is 0 Å². The molecule has 1 heterocycles. The smallest absolute Gasteiger partial charge is 0.251 e. The van der Waals surface area contributed by atoms with E-state index in [0.29, 0.717) is 12.4 Å². The summed E-state index contributed by atoms with van der Waals surface area (Å²) >= 11 is 0. The predicted octanol–water partition coefficient (Wildman–Crippen LogP) is 1.89. The molecule has 2 rings (SSSR count). The van der Waals surface area contributed by atoms with Gasteiger partial charge >= 0.3 is 0 Å². The Balaban J connectivity index is 2.32. The molecule has 0 aliphatic carbocycles. The van der Waals surface area contributed by atoms with Gasteiger partial charge in [-0.2, -0.15) is 0 Å². The van der Waals surface area contributed by atoms with Crippen molar-refractivity contribution in [1.82, 2.24) is 9.97 Å². The molecule has 0 saturated heterocycles. The van der Waals surface area contributed by atoms with Crippen molar-refractivity contribution in [2.45, 2.75) is 26.2 Å². The van der Waals surface area contributed by atoms with Gasteiger partial charge in [0.2, 0.25) is 0 Å². The van der Waals surface area contributed by atoms with E-state index in [4.69, 9.17) is 5.73 Å². The Labute approximate surface area is 112 Å². The van der Waals surface area contributed by atoms with E-state index in [9.17, 15) is 4.79 Å². The van der Waals surface area contributed by atoms with Crippen LogP contribution < -0.4 is 11.3 Å². The van der Waals surface area contributed by atoms with Gasteiger partial charge in [-0.25, -0.2) is 4.98 Å². The number of hydrogen-bond acceptors (Lipinski definition) is 3. The molecular formula is C15H19N3O. The molecule has 1 aromatic carbocycles. The van der Waals surface area contributed by atoms with Gasteiger partial charge in [-0.05, 0) is 31.4 Å². The number of aromatic amines is 1. The summed E-state index contributed by atoms with van der Waals surface area (Å²) in [5.41, 5.74) is 8.37. The summed E-state index contributed by atoms with van der Waals surface area (Å²) in [7, 11) is 0. The van der Waals surface area contributed by atoms with Crippen molar-refractivity contribution in [3.8, 4) is 11.4 Å². The minimum Gasteiger partial charge on any atom is -0.330 e. The topological polar surface area (TPSA) is 71.8 Å². The van der Waals surface area contributed by atoms with Crippen molar-refractivity contribution in [2.24, 2.45) is 5.73 Å². The number of rotatable bonds is 5. The van der Waals surface area contributed by atoms with Crippen LogP contribution >= 0.6 is 0 Å². The van der Waals surface area contributed by atoms with Gasteiger partial charge in [-0.15, -0.1) is 0 Å². The molecule has 0 aliphatic heterocycles. The van der Waals surface area contributed by atoms with E-state index in [1.165, 1.54) is 5.56 Å². The average Bonchev–Trinajstić information content (AvgIpc) is 2.44. The molecule has 19 heavy (non-hydrogen) atoms. The molecule has 0 saturated carbocycles. The van der Waals surface area contributed by atoms with E-state index in [1.807, 2.05) is 12.1 Å². The number of hydrogen-bond donors (Lipinski definition) is 2. The maximum Gasteiger partial charge on any atom is 0.251 e. The highest BCUT2D eigenvalue weighted by molar-refractivity contribution is 5.55. The Kier molecular flexibility index (Phi) is 4.47. The zero-order valence-corrected chi connectivity index (χ0v) is 11.1. The van der Waals surface area contributed by atoms with Gasteiger partial charge in [0, 0.05) is 17.3 Å². The minimum absolute atomic E-state index is 0.114. The van der Waals surface area contributed by atoms with Crippen molar-refractivity contribution in [1.29, 1.82) is 0 Å². The molecule has 0 unspecified atom stereocenters. The summed E-state index contributed by atoms with van der Waals surface area (Å²) in [6.07, 6.45) is 2.58. The summed E-state index contributed by atoms with van der Waals surface area (Å²) in [6, 6.07) is 9.64. The fourth-order valence-corrected chi connectivity index (χ4v) is 1.95. The van der Waals surface area contributed by atoms with Gasteiger partial charge in [-0.3, -0.25) is 4.79 Å². The maximum atomic E-state index is 11.6.